The van der Waals surface area contributed by atoms with E-state index in [1.807, 2.05) is 6.92 Å². The third-order valence-electron chi connectivity index (χ3n) is 2.27. The van der Waals surface area contributed by atoms with Crippen molar-refractivity contribution in [2.24, 2.45) is 0 Å². The lowest BCUT2D eigenvalue weighted by molar-refractivity contribution is -0.137. The number of hydrogen-bond donors (Lipinski definition) is 0. The maximum absolute atomic E-state index is 12.6. The third-order valence-corrected chi connectivity index (χ3v) is 2.83. The van der Waals surface area contributed by atoms with Gasteiger partial charge in [-0.05, 0) is 43.5 Å². The fourth-order valence-corrected chi connectivity index (χ4v) is 1.79. The van der Waals surface area contributed by atoms with Gasteiger partial charge in [-0.2, -0.15) is 13.2 Å². The largest absolute Gasteiger partial charge is 0.494 e. The van der Waals surface area contributed by atoms with Crippen LogP contribution in [0.2, 0.25) is 0 Å². The molecule has 1 aromatic rings. The van der Waals surface area contributed by atoms with E-state index in [4.69, 9.17) is 4.74 Å². The zero-order valence-corrected chi connectivity index (χ0v) is 11.1. The molecule has 1 rings (SSSR count). The summed E-state index contributed by atoms with van der Waals surface area (Å²) in [6, 6.07) is 3.63. The molecular formula is C12H14BrF3O. The van der Waals surface area contributed by atoms with Crippen LogP contribution in [0.3, 0.4) is 0 Å². The topological polar surface area (TPSA) is 9.23 Å². The van der Waals surface area contributed by atoms with Crippen molar-refractivity contribution >= 4 is 15.9 Å². The Hall–Kier alpha value is -0.710. The molecule has 17 heavy (non-hydrogen) atoms. The second kappa shape index (κ2) is 6.28. The molecule has 0 aliphatic heterocycles. The quantitative estimate of drug-likeness (QED) is 0.731. The maximum atomic E-state index is 12.6. The summed E-state index contributed by atoms with van der Waals surface area (Å²) in [5, 5.41) is 0.759. The van der Waals surface area contributed by atoms with E-state index in [0.717, 1.165) is 17.8 Å². The van der Waals surface area contributed by atoms with Gasteiger partial charge in [0, 0.05) is 5.33 Å². The van der Waals surface area contributed by atoms with Crippen molar-refractivity contribution < 1.29 is 17.9 Å². The van der Waals surface area contributed by atoms with Gasteiger partial charge in [-0.1, -0.05) is 15.9 Å². The van der Waals surface area contributed by atoms with Crippen molar-refractivity contribution in [3.05, 3.63) is 29.3 Å². The van der Waals surface area contributed by atoms with Crippen LogP contribution in [0.1, 0.15) is 24.5 Å². The van der Waals surface area contributed by atoms with Crippen LogP contribution in [0, 0.1) is 0 Å². The molecule has 0 spiro atoms. The minimum atomic E-state index is -4.30. The summed E-state index contributed by atoms with van der Waals surface area (Å²) >= 11 is 3.27. The number of halogens is 4. The second-order valence-electron chi connectivity index (χ2n) is 3.55. The highest BCUT2D eigenvalue weighted by atomic mass is 79.9. The smallest absolute Gasteiger partial charge is 0.416 e. The molecule has 0 aliphatic rings. The van der Waals surface area contributed by atoms with Crippen molar-refractivity contribution in [1.29, 1.82) is 0 Å². The Bertz CT molecular complexity index is 363. The van der Waals surface area contributed by atoms with Gasteiger partial charge >= 0.3 is 6.18 Å². The summed E-state index contributed by atoms with van der Waals surface area (Å²) in [7, 11) is 0. The number of aryl methyl sites for hydroxylation is 1. The molecular weight excluding hydrogens is 297 g/mol. The van der Waals surface area contributed by atoms with Crippen LogP contribution in [0.25, 0.3) is 0 Å². The molecule has 96 valence electrons. The highest BCUT2D eigenvalue weighted by molar-refractivity contribution is 9.09. The predicted molar refractivity (Wildman–Crippen MR) is 64.7 cm³/mol. The van der Waals surface area contributed by atoms with Crippen molar-refractivity contribution in [3.63, 3.8) is 0 Å². The van der Waals surface area contributed by atoms with Crippen LogP contribution < -0.4 is 4.74 Å². The first-order chi connectivity index (χ1) is 7.99. The Kier molecular flexibility index (Phi) is 5.31. The molecule has 0 aromatic heterocycles. The lowest BCUT2D eigenvalue weighted by atomic mass is 10.1. The van der Waals surface area contributed by atoms with Crippen molar-refractivity contribution in [2.45, 2.75) is 25.9 Å². The zero-order valence-electron chi connectivity index (χ0n) is 9.48. The van der Waals surface area contributed by atoms with Gasteiger partial charge in [-0.3, -0.25) is 0 Å². The average Bonchev–Trinajstić information content (AvgIpc) is 2.26. The van der Waals surface area contributed by atoms with Gasteiger partial charge in [-0.25, -0.2) is 0 Å². The van der Waals surface area contributed by atoms with Gasteiger partial charge in [-0.15, -0.1) is 0 Å². The normalized spacial score (nSPS) is 11.6. The molecule has 0 heterocycles. The second-order valence-corrected chi connectivity index (χ2v) is 4.34. The SMILES string of the molecule is CCOc1ccc(C(F)(F)F)cc1CCCBr. The molecule has 5 heteroatoms. The van der Waals surface area contributed by atoms with Crippen molar-refractivity contribution in [3.8, 4) is 5.75 Å². The molecule has 1 aromatic carbocycles. The van der Waals surface area contributed by atoms with Gasteiger partial charge in [0.2, 0.25) is 0 Å². The lowest BCUT2D eigenvalue weighted by Crippen LogP contribution is -2.07. The standard InChI is InChI=1S/C12H14BrF3O/c1-2-17-11-6-5-10(12(14,15)16)8-9(11)4-3-7-13/h5-6,8H,2-4,7H2,1H3. The molecule has 0 N–H and O–H groups in total. The fraction of sp³-hybridized carbons (Fsp3) is 0.500. The number of hydrogen-bond acceptors (Lipinski definition) is 1. The molecule has 0 saturated carbocycles. The van der Waals surface area contributed by atoms with Crippen LogP contribution in [0.5, 0.6) is 5.75 Å². The Morgan fingerprint density at radius 3 is 2.53 bits per heavy atom. The molecule has 0 aliphatic carbocycles. The monoisotopic (exact) mass is 310 g/mol. The highest BCUT2D eigenvalue weighted by Gasteiger charge is 2.31. The number of ether oxygens (including phenoxy) is 1. The first-order valence-corrected chi connectivity index (χ1v) is 6.50. The summed E-state index contributed by atoms with van der Waals surface area (Å²) in [6.45, 7) is 2.26. The third kappa shape index (κ3) is 4.22. The molecule has 0 bridgehead atoms. The van der Waals surface area contributed by atoms with Crippen LogP contribution >= 0.6 is 15.9 Å². The van der Waals surface area contributed by atoms with Gasteiger partial charge in [0.15, 0.2) is 0 Å². The minimum absolute atomic E-state index is 0.451. The van der Waals surface area contributed by atoms with Crippen LogP contribution in [-0.2, 0) is 12.6 Å². The van der Waals surface area contributed by atoms with E-state index >= 15 is 0 Å². The molecule has 0 atom stereocenters. The van der Waals surface area contributed by atoms with Gasteiger partial charge in [0.05, 0.1) is 12.2 Å². The van der Waals surface area contributed by atoms with E-state index in [2.05, 4.69) is 15.9 Å². The zero-order chi connectivity index (χ0) is 12.9. The first-order valence-electron chi connectivity index (χ1n) is 5.38. The van der Waals surface area contributed by atoms with E-state index < -0.39 is 11.7 Å². The summed E-state index contributed by atoms with van der Waals surface area (Å²) in [4.78, 5) is 0. The Balaban J connectivity index is 3.01. The number of alkyl halides is 4. The number of rotatable bonds is 5. The van der Waals surface area contributed by atoms with E-state index in [1.54, 1.807) is 0 Å². The Labute approximate surface area is 107 Å². The average molecular weight is 311 g/mol. The summed E-state index contributed by atoms with van der Waals surface area (Å²) in [5.74, 6) is 0.543. The molecule has 0 unspecified atom stereocenters. The van der Waals surface area contributed by atoms with E-state index in [9.17, 15) is 13.2 Å². The molecule has 0 fully saturated rings. The first kappa shape index (κ1) is 14.4. The van der Waals surface area contributed by atoms with E-state index in [1.165, 1.54) is 12.1 Å². The summed E-state index contributed by atoms with van der Waals surface area (Å²) in [5.41, 5.74) is -0.00773. The fourth-order valence-electron chi connectivity index (χ4n) is 1.50. The lowest BCUT2D eigenvalue weighted by Gasteiger charge is -2.13. The molecule has 0 saturated heterocycles. The number of benzene rings is 1. The van der Waals surface area contributed by atoms with Crippen molar-refractivity contribution in [2.75, 3.05) is 11.9 Å². The van der Waals surface area contributed by atoms with Crippen LogP contribution in [-0.4, -0.2) is 11.9 Å². The van der Waals surface area contributed by atoms with E-state index in [-0.39, 0.29) is 0 Å². The van der Waals surface area contributed by atoms with Crippen LogP contribution in [0.4, 0.5) is 13.2 Å². The van der Waals surface area contributed by atoms with Gasteiger partial charge in [0.25, 0.3) is 0 Å². The highest BCUT2D eigenvalue weighted by Crippen LogP contribution is 2.33. The minimum Gasteiger partial charge on any atom is -0.494 e. The Morgan fingerprint density at radius 1 is 1.29 bits per heavy atom. The van der Waals surface area contributed by atoms with Gasteiger partial charge < -0.3 is 4.74 Å². The summed E-state index contributed by atoms with van der Waals surface area (Å²) < 4.78 is 43.0. The maximum Gasteiger partial charge on any atom is 0.416 e. The van der Waals surface area contributed by atoms with Crippen molar-refractivity contribution in [1.82, 2.24) is 0 Å². The van der Waals surface area contributed by atoms with Crippen LogP contribution in [0.15, 0.2) is 18.2 Å². The Morgan fingerprint density at radius 2 is 2.00 bits per heavy atom. The summed E-state index contributed by atoms with van der Waals surface area (Å²) in [6.07, 6.45) is -2.94. The molecule has 0 amide bonds. The molecule has 1 nitrogen and oxygen atoms in total. The predicted octanol–water partition coefficient (Wildman–Crippen LogP) is 4.43. The molecule has 0 radical (unpaired) electrons. The van der Waals surface area contributed by atoms with Gasteiger partial charge in [0.1, 0.15) is 5.75 Å². The van der Waals surface area contributed by atoms with E-state index in [0.29, 0.717) is 24.3 Å².